The minimum Gasteiger partial charge on any atom is -0.350 e. The number of amides is 1. The van der Waals surface area contributed by atoms with Crippen LogP contribution in [0, 0.1) is 5.82 Å². The van der Waals surface area contributed by atoms with Crippen LogP contribution in [-0.2, 0) is 6.42 Å². The molecule has 1 aliphatic heterocycles. The van der Waals surface area contributed by atoms with Crippen molar-refractivity contribution in [1.82, 2.24) is 20.4 Å². The minimum atomic E-state index is -0.287. The molecule has 2 N–H and O–H groups in total. The van der Waals surface area contributed by atoms with Crippen molar-refractivity contribution in [3.63, 3.8) is 0 Å². The van der Waals surface area contributed by atoms with Crippen molar-refractivity contribution in [2.45, 2.75) is 25.3 Å². The van der Waals surface area contributed by atoms with Crippen LogP contribution in [0.4, 0.5) is 4.39 Å². The summed E-state index contributed by atoms with van der Waals surface area (Å²) in [4.78, 5) is 12.2. The van der Waals surface area contributed by atoms with Gasteiger partial charge in [-0.1, -0.05) is 6.07 Å². The van der Waals surface area contributed by atoms with Gasteiger partial charge in [0.2, 0.25) is 0 Å². The van der Waals surface area contributed by atoms with E-state index in [0.717, 1.165) is 31.5 Å². The molecule has 1 fully saturated rings. The third-order valence-electron chi connectivity index (χ3n) is 4.17. The number of nitrogens with zero attached hydrogens (tertiary/aromatic N) is 2. The molecule has 0 saturated carbocycles. The molecule has 1 aromatic heterocycles. The van der Waals surface area contributed by atoms with Crippen molar-refractivity contribution in [2.24, 2.45) is 0 Å². The Hall–Kier alpha value is -1.73. The molecule has 2 aromatic rings. The van der Waals surface area contributed by atoms with Gasteiger partial charge in [0, 0.05) is 19.3 Å². The highest BCUT2D eigenvalue weighted by atomic mass is 79.9. The smallest absolute Gasteiger partial charge is 0.271 e. The maximum absolute atomic E-state index is 13.2. The first-order valence-corrected chi connectivity index (χ1v) is 8.91. The first kappa shape index (κ1) is 17.1. The average Bonchev–Trinajstić information content (AvgIpc) is 3.09. The van der Waals surface area contributed by atoms with E-state index in [4.69, 9.17) is 0 Å². The standard InChI is InChI=1S/C17H20BrFN4O/c18-14-10-12(3-4-15(14)19)5-8-21-17(24)16-6-9-23(22-16)13-2-1-7-20-11-13/h3-4,6,9-10,13,20H,1-2,5,7-8,11H2,(H,21,24). The first-order valence-electron chi connectivity index (χ1n) is 8.11. The van der Waals surface area contributed by atoms with Crippen LogP contribution in [0.5, 0.6) is 0 Å². The molecule has 24 heavy (non-hydrogen) atoms. The second kappa shape index (κ2) is 7.90. The normalized spacial score (nSPS) is 17.7. The Labute approximate surface area is 148 Å². The first-order chi connectivity index (χ1) is 11.6. The molecule has 1 aromatic carbocycles. The van der Waals surface area contributed by atoms with Gasteiger partial charge < -0.3 is 10.6 Å². The van der Waals surface area contributed by atoms with Gasteiger partial charge in [-0.25, -0.2) is 4.39 Å². The number of nitrogens with one attached hydrogen (secondary N) is 2. The third-order valence-corrected chi connectivity index (χ3v) is 4.78. The number of hydrogen-bond acceptors (Lipinski definition) is 3. The van der Waals surface area contributed by atoms with E-state index in [2.05, 4.69) is 31.7 Å². The SMILES string of the molecule is O=C(NCCc1ccc(F)c(Br)c1)c1ccn(C2CCCNC2)n1. The Bertz CT molecular complexity index is 712. The molecule has 0 radical (unpaired) electrons. The fourth-order valence-corrected chi connectivity index (χ4v) is 3.25. The average molecular weight is 395 g/mol. The van der Waals surface area contributed by atoms with Gasteiger partial charge in [0.15, 0.2) is 0 Å². The summed E-state index contributed by atoms with van der Waals surface area (Å²) in [6.45, 7) is 2.42. The van der Waals surface area contributed by atoms with Crippen molar-refractivity contribution >= 4 is 21.8 Å². The van der Waals surface area contributed by atoms with Crippen LogP contribution in [0.2, 0.25) is 0 Å². The van der Waals surface area contributed by atoms with Crippen LogP contribution in [0.15, 0.2) is 34.9 Å². The van der Waals surface area contributed by atoms with E-state index in [-0.39, 0.29) is 11.7 Å². The Morgan fingerprint density at radius 1 is 1.46 bits per heavy atom. The van der Waals surface area contributed by atoms with Gasteiger partial charge in [-0.3, -0.25) is 9.48 Å². The Morgan fingerprint density at radius 3 is 3.08 bits per heavy atom. The highest BCUT2D eigenvalue weighted by molar-refractivity contribution is 9.10. The molecule has 0 bridgehead atoms. The molecule has 128 valence electrons. The summed E-state index contributed by atoms with van der Waals surface area (Å²) in [6.07, 6.45) is 4.70. The van der Waals surface area contributed by atoms with E-state index >= 15 is 0 Å². The van der Waals surface area contributed by atoms with E-state index in [1.54, 1.807) is 18.2 Å². The molecule has 7 heteroatoms. The zero-order valence-corrected chi connectivity index (χ0v) is 14.9. The number of carbonyl (C=O) groups is 1. The maximum Gasteiger partial charge on any atom is 0.271 e. The Balaban J connectivity index is 1.51. The van der Waals surface area contributed by atoms with Crippen molar-refractivity contribution in [1.29, 1.82) is 0 Å². The lowest BCUT2D eigenvalue weighted by atomic mass is 10.1. The lowest BCUT2D eigenvalue weighted by Crippen LogP contribution is -2.32. The molecule has 1 aliphatic rings. The molecule has 1 amide bonds. The molecule has 2 heterocycles. The largest absolute Gasteiger partial charge is 0.350 e. The topological polar surface area (TPSA) is 59.0 Å². The molecule has 1 unspecified atom stereocenters. The summed E-state index contributed by atoms with van der Waals surface area (Å²) in [5, 5.41) is 10.6. The fraction of sp³-hybridized carbons (Fsp3) is 0.412. The zero-order chi connectivity index (χ0) is 16.9. The fourth-order valence-electron chi connectivity index (χ4n) is 2.83. The third kappa shape index (κ3) is 4.21. The predicted octanol–water partition coefficient (Wildman–Crippen LogP) is 2.68. The van der Waals surface area contributed by atoms with Crippen molar-refractivity contribution in [3.05, 3.63) is 52.0 Å². The van der Waals surface area contributed by atoms with Gasteiger partial charge in [-0.05, 0) is 65.5 Å². The predicted molar refractivity (Wildman–Crippen MR) is 93.5 cm³/mol. The van der Waals surface area contributed by atoms with Gasteiger partial charge in [0.05, 0.1) is 10.5 Å². The van der Waals surface area contributed by atoms with Gasteiger partial charge in [-0.15, -0.1) is 0 Å². The minimum absolute atomic E-state index is 0.182. The molecule has 5 nitrogen and oxygen atoms in total. The number of rotatable bonds is 5. The van der Waals surface area contributed by atoms with Crippen LogP contribution in [0.1, 0.15) is 34.9 Å². The van der Waals surface area contributed by atoms with E-state index in [1.165, 1.54) is 6.07 Å². The zero-order valence-electron chi connectivity index (χ0n) is 13.3. The van der Waals surface area contributed by atoms with Crippen molar-refractivity contribution in [2.75, 3.05) is 19.6 Å². The number of piperidine rings is 1. The molecular weight excluding hydrogens is 375 g/mol. The highest BCUT2D eigenvalue weighted by Crippen LogP contribution is 2.17. The number of halogens is 2. The summed E-state index contributed by atoms with van der Waals surface area (Å²) in [5.74, 6) is -0.468. The second-order valence-corrected chi connectivity index (χ2v) is 6.79. The molecule has 1 saturated heterocycles. The number of hydrogen-bond donors (Lipinski definition) is 2. The van der Waals surface area contributed by atoms with Gasteiger partial charge in [0.1, 0.15) is 11.5 Å². The van der Waals surface area contributed by atoms with Crippen molar-refractivity contribution in [3.8, 4) is 0 Å². The van der Waals surface area contributed by atoms with Gasteiger partial charge in [0.25, 0.3) is 5.91 Å². The molecule has 0 spiro atoms. The van der Waals surface area contributed by atoms with Crippen LogP contribution < -0.4 is 10.6 Å². The monoisotopic (exact) mass is 394 g/mol. The summed E-state index contributed by atoms with van der Waals surface area (Å²) in [7, 11) is 0. The van der Waals surface area contributed by atoms with Crippen molar-refractivity contribution < 1.29 is 9.18 Å². The Kier molecular flexibility index (Phi) is 5.63. The summed E-state index contributed by atoms with van der Waals surface area (Å²) in [6, 6.07) is 6.93. The number of carbonyl (C=O) groups excluding carboxylic acids is 1. The maximum atomic E-state index is 13.2. The molecular formula is C17H20BrFN4O. The van der Waals surface area contributed by atoms with E-state index in [9.17, 15) is 9.18 Å². The molecule has 0 aliphatic carbocycles. The summed E-state index contributed by atoms with van der Waals surface area (Å²) < 4.78 is 15.5. The van der Waals surface area contributed by atoms with Crippen LogP contribution in [0.25, 0.3) is 0 Å². The van der Waals surface area contributed by atoms with Gasteiger partial charge >= 0.3 is 0 Å². The molecule has 1 atom stereocenters. The van der Waals surface area contributed by atoms with Crippen LogP contribution >= 0.6 is 15.9 Å². The second-order valence-electron chi connectivity index (χ2n) is 5.94. The van der Waals surface area contributed by atoms with E-state index in [0.29, 0.717) is 29.2 Å². The van der Waals surface area contributed by atoms with E-state index in [1.807, 2.05) is 10.9 Å². The quantitative estimate of drug-likeness (QED) is 0.819. The highest BCUT2D eigenvalue weighted by Gasteiger charge is 2.17. The number of benzene rings is 1. The number of aromatic nitrogens is 2. The van der Waals surface area contributed by atoms with Gasteiger partial charge in [-0.2, -0.15) is 5.10 Å². The summed E-state index contributed by atoms with van der Waals surface area (Å²) in [5.41, 5.74) is 1.39. The van der Waals surface area contributed by atoms with Crippen LogP contribution in [0.3, 0.4) is 0 Å². The van der Waals surface area contributed by atoms with E-state index < -0.39 is 0 Å². The van der Waals surface area contributed by atoms with Crippen LogP contribution in [-0.4, -0.2) is 35.3 Å². The lowest BCUT2D eigenvalue weighted by Gasteiger charge is -2.22. The lowest BCUT2D eigenvalue weighted by molar-refractivity contribution is 0.0947. The Morgan fingerprint density at radius 2 is 2.33 bits per heavy atom. The molecule has 3 rings (SSSR count). The summed E-state index contributed by atoms with van der Waals surface area (Å²) >= 11 is 3.16.